The molecular weight excluding hydrogens is 264 g/mol. The van der Waals surface area contributed by atoms with Crippen LogP contribution in [0.3, 0.4) is 0 Å². The van der Waals surface area contributed by atoms with Gasteiger partial charge in [-0.05, 0) is 31.5 Å². The molecular formula is C13H21BrN2. The number of alkyl halides is 1. The lowest BCUT2D eigenvalue weighted by Gasteiger charge is -2.21. The first kappa shape index (κ1) is 13.7. The number of aromatic nitrogens is 1. The number of nitrogens with zero attached hydrogens (tertiary/aromatic N) is 2. The van der Waals surface area contributed by atoms with Gasteiger partial charge in [-0.3, -0.25) is 9.88 Å². The second kappa shape index (κ2) is 7.80. The Labute approximate surface area is 107 Å². The van der Waals surface area contributed by atoms with Gasteiger partial charge in [0.2, 0.25) is 0 Å². The molecule has 1 rings (SSSR count). The van der Waals surface area contributed by atoms with Crippen molar-refractivity contribution in [1.29, 1.82) is 0 Å². The van der Waals surface area contributed by atoms with Crippen molar-refractivity contribution >= 4 is 15.9 Å². The molecule has 0 atom stereocenters. The minimum atomic E-state index is 0.971. The van der Waals surface area contributed by atoms with E-state index in [1.165, 1.54) is 24.1 Å². The van der Waals surface area contributed by atoms with Crippen LogP contribution in [0.15, 0.2) is 18.3 Å². The Kier molecular flexibility index (Phi) is 6.65. The first-order valence-electron chi connectivity index (χ1n) is 5.96. The van der Waals surface area contributed by atoms with Gasteiger partial charge in [0.15, 0.2) is 0 Å². The molecule has 0 aromatic carbocycles. The van der Waals surface area contributed by atoms with E-state index >= 15 is 0 Å². The summed E-state index contributed by atoms with van der Waals surface area (Å²) < 4.78 is 0. The van der Waals surface area contributed by atoms with E-state index in [1.54, 1.807) is 0 Å². The third-order valence-corrected chi connectivity index (χ3v) is 3.07. The van der Waals surface area contributed by atoms with Gasteiger partial charge in [0.05, 0.1) is 5.69 Å². The number of rotatable bonds is 7. The van der Waals surface area contributed by atoms with Crippen LogP contribution in [0.5, 0.6) is 0 Å². The predicted molar refractivity (Wildman–Crippen MR) is 73.0 cm³/mol. The van der Waals surface area contributed by atoms with Crippen LogP contribution < -0.4 is 0 Å². The Morgan fingerprint density at radius 1 is 1.38 bits per heavy atom. The Bertz CT molecular complexity index is 302. The van der Waals surface area contributed by atoms with Gasteiger partial charge in [0.1, 0.15) is 0 Å². The van der Waals surface area contributed by atoms with E-state index in [1.807, 2.05) is 12.3 Å². The van der Waals surface area contributed by atoms with E-state index in [4.69, 9.17) is 0 Å². The van der Waals surface area contributed by atoms with Crippen molar-refractivity contribution in [3.05, 3.63) is 29.6 Å². The van der Waals surface area contributed by atoms with Crippen molar-refractivity contribution in [2.24, 2.45) is 0 Å². The van der Waals surface area contributed by atoms with Crippen LogP contribution in [0.1, 0.15) is 31.0 Å². The highest BCUT2D eigenvalue weighted by Gasteiger charge is 2.07. The molecule has 0 radical (unpaired) electrons. The lowest BCUT2D eigenvalue weighted by atomic mass is 10.2. The summed E-state index contributed by atoms with van der Waals surface area (Å²) in [5.74, 6) is 0. The molecule has 1 heterocycles. The van der Waals surface area contributed by atoms with Crippen molar-refractivity contribution in [2.75, 3.05) is 18.4 Å². The van der Waals surface area contributed by atoms with E-state index in [2.05, 4.69) is 45.7 Å². The van der Waals surface area contributed by atoms with Crippen LogP contribution in [-0.4, -0.2) is 28.3 Å². The van der Waals surface area contributed by atoms with E-state index < -0.39 is 0 Å². The quantitative estimate of drug-likeness (QED) is 0.714. The first-order chi connectivity index (χ1) is 7.77. The Hall–Kier alpha value is -0.410. The van der Waals surface area contributed by atoms with E-state index in [9.17, 15) is 0 Å². The van der Waals surface area contributed by atoms with Gasteiger partial charge in [-0.2, -0.15) is 0 Å². The van der Waals surface area contributed by atoms with Gasteiger partial charge in [-0.25, -0.2) is 0 Å². The molecule has 0 aliphatic heterocycles. The molecule has 1 aromatic rings. The molecule has 0 N–H and O–H groups in total. The molecule has 0 amide bonds. The summed E-state index contributed by atoms with van der Waals surface area (Å²) in [6, 6.07) is 4.13. The van der Waals surface area contributed by atoms with Gasteiger partial charge in [-0.1, -0.05) is 35.3 Å². The molecule has 0 aliphatic rings. The molecule has 90 valence electrons. The van der Waals surface area contributed by atoms with Crippen molar-refractivity contribution < 1.29 is 0 Å². The number of hydrogen-bond acceptors (Lipinski definition) is 2. The molecule has 0 unspecified atom stereocenters. The van der Waals surface area contributed by atoms with E-state index in [-0.39, 0.29) is 0 Å². The van der Waals surface area contributed by atoms with E-state index in [0.29, 0.717) is 0 Å². The van der Waals surface area contributed by atoms with Gasteiger partial charge < -0.3 is 0 Å². The number of halogens is 1. The van der Waals surface area contributed by atoms with Gasteiger partial charge >= 0.3 is 0 Å². The minimum absolute atomic E-state index is 0.971. The Morgan fingerprint density at radius 3 is 2.81 bits per heavy atom. The summed E-state index contributed by atoms with van der Waals surface area (Å²) in [5.41, 5.74) is 2.50. The standard InChI is InChI=1S/C13H21BrN2/c1-3-4-9-16(10-7-14)11-13-12(2)6-5-8-15-13/h5-6,8H,3-4,7,9-11H2,1-2H3. The van der Waals surface area contributed by atoms with Crippen LogP contribution in [-0.2, 0) is 6.54 Å². The third kappa shape index (κ3) is 4.62. The number of unbranched alkanes of at least 4 members (excludes halogenated alkanes) is 1. The lowest BCUT2D eigenvalue weighted by molar-refractivity contribution is 0.274. The largest absolute Gasteiger partial charge is 0.297 e. The highest BCUT2D eigenvalue weighted by atomic mass is 79.9. The number of hydrogen-bond donors (Lipinski definition) is 0. The van der Waals surface area contributed by atoms with E-state index in [0.717, 1.165) is 25.0 Å². The molecule has 16 heavy (non-hydrogen) atoms. The molecule has 2 nitrogen and oxygen atoms in total. The van der Waals surface area contributed by atoms with Crippen LogP contribution in [0, 0.1) is 6.92 Å². The zero-order chi connectivity index (χ0) is 11.8. The maximum atomic E-state index is 4.45. The van der Waals surface area contributed by atoms with Crippen LogP contribution in [0.4, 0.5) is 0 Å². The van der Waals surface area contributed by atoms with Crippen LogP contribution in [0.25, 0.3) is 0 Å². The average Bonchev–Trinajstić information content (AvgIpc) is 2.29. The molecule has 0 fully saturated rings. The maximum absolute atomic E-state index is 4.45. The zero-order valence-electron chi connectivity index (χ0n) is 10.2. The van der Waals surface area contributed by atoms with Gasteiger partial charge in [-0.15, -0.1) is 0 Å². The predicted octanol–water partition coefficient (Wildman–Crippen LogP) is 3.39. The summed E-state index contributed by atoms with van der Waals surface area (Å²) in [6.45, 7) is 7.60. The second-order valence-corrected chi connectivity index (χ2v) is 4.88. The average molecular weight is 285 g/mol. The van der Waals surface area contributed by atoms with Crippen molar-refractivity contribution in [2.45, 2.75) is 33.2 Å². The van der Waals surface area contributed by atoms with Gasteiger partial charge in [0, 0.05) is 24.6 Å². The topological polar surface area (TPSA) is 16.1 Å². The molecule has 3 heteroatoms. The fraction of sp³-hybridized carbons (Fsp3) is 0.615. The number of aryl methyl sites for hydroxylation is 1. The highest BCUT2D eigenvalue weighted by molar-refractivity contribution is 9.09. The molecule has 0 saturated heterocycles. The zero-order valence-corrected chi connectivity index (χ0v) is 11.8. The van der Waals surface area contributed by atoms with Crippen LogP contribution in [0.2, 0.25) is 0 Å². The summed E-state index contributed by atoms with van der Waals surface area (Å²) >= 11 is 3.51. The van der Waals surface area contributed by atoms with Gasteiger partial charge in [0.25, 0.3) is 0 Å². The molecule has 0 aliphatic carbocycles. The fourth-order valence-corrected chi connectivity index (χ4v) is 2.17. The first-order valence-corrected chi connectivity index (χ1v) is 7.09. The summed E-state index contributed by atoms with van der Waals surface area (Å²) in [7, 11) is 0. The molecule has 0 spiro atoms. The highest BCUT2D eigenvalue weighted by Crippen LogP contribution is 2.08. The lowest BCUT2D eigenvalue weighted by Crippen LogP contribution is -2.27. The smallest absolute Gasteiger partial charge is 0.0573 e. The molecule has 0 bridgehead atoms. The number of pyridine rings is 1. The third-order valence-electron chi connectivity index (χ3n) is 2.72. The molecule has 0 saturated carbocycles. The van der Waals surface area contributed by atoms with Crippen LogP contribution >= 0.6 is 15.9 Å². The molecule has 1 aromatic heterocycles. The fourth-order valence-electron chi connectivity index (χ4n) is 1.67. The normalized spacial score (nSPS) is 11.0. The van der Waals surface area contributed by atoms with Crippen molar-refractivity contribution in [1.82, 2.24) is 9.88 Å². The maximum Gasteiger partial charge on any atom is 0.0573 e. The second-order valence-electron chi connectivity index (χ2n) is 4.09. The summed E-state index contributed by atoms with van der Waals surface area (Å²) in [6.07, 6.45) is 4.40. The monoisotopic (exact) mass is 284 g/mol. The Balaban J connectivity index is 2.56. The minimum Gasteiger partial charge on any atom is -0.297 e. The SMILES string of the molecule is CCCCN(CCBr)Cc1ncccc1C. The summed E-state index contributed by atoms with van der Waals surface area (Å²) in [5, 5.41) is 1.03. The Morgan fingerprint density at radius 2 is 2.19 bits per heavy atom. The van der Waals surface area contributed by atoms with Crippen molar-refractivity contribution in [3.8, 4) is 0 Å². The van der Waals surface area contributed by atoms with Crippen molar-refractivity contribution in [3.63, 3.8) is 0 Å². The summed E-state index contributed by atoms with van der Waals surface area (Å²) in [4.78, 5) is 6.92.